The molecule has 168 valence electrons. The molecule has 0 radical (unpaired) electrons. The van der Waals surface area contributed by atoms with Crippen molar-refractivity contribution in [2.75, 3.05) is 25.0 Å². The first-order valence-corrected chi connectivity index (χ1v) is 11.5. The van der Waals surface area contributed by atoms with E-state index < -0.39 is 0 Å². The topological polar surface area (TPSA) is 68.4 Å². The minimum atomic E-state index is -0.237. The summed E-state index contributed by atoms with van der Waals surface area (Å²) in [6.07, 6.45) is 2.17. The quantitative estimate of drug-likeness (QED) is 0.552. The molecule has 6 nitrogen and oxygen atoms in total. The predicted octanol–water partition coefficient (Wildman–Crippen LogP) is 5.01. The second-order valence-electron chi connectivity index (χ2n) is 8.46. The van der Waals surface area contributed by atoms with Crippen molar-refractivity contribution < 1.29 is 4.79 Å². The van der Waals surface area contributed by atoms with Gasteiger partial charge in [-0.3, -0.25) is 9.69 Å². The molecule has 1 aliphatic heterocycles. The number of hydrogen-bond donors (Lipinski definition) is 2. The summed E-state index contributed by atoms with van der Waals surface area (Å²) >= 11 is 6.09. The van der Waals surface area contributed by atoms with Gasteiger partial charge in [0.2, 0.25) is 0 Å². The highest BCUT2D eigenvalue weighted by atomic mass is 35.5. The number of benzene rings is 2. The van der Waals surface area contributed by atoms with E-state index in [2.05, 4.69) is 22.1 Å². The fourth-order valence-corrected chi connectivity index (χ4v) is 4.65. The Bertz CT molecular complexity index is 1180. The van der Waals surface area contributed by atoms with Gasteiger partial charge in [-0.1, -0.05) is 36.2 Å². The molecule has 2 heterocycles. The summed E-state index contributed by atoms with van der Waals surface area (Å²) in [5.41, 5.74) is 2.96. The van der Waals surface area contributed by atoms with Gasteiger partial charge < -0.3 is 15.2 Å². The molecule has 1 fully saturated rings. The summed E-state index contributed by atoms with van der Waals surface area (Å²) in [6.45, 7) is 6.95. The number of amides is 2. The summed E-state index contributed by atoms with van der Waals surface area (Å²) in [5, 5.41) is 4.47. The van der Waals surface area contributed by atoms with E-state index >= 15 is 0 Å². The van der Waals surface area contributed by atoms with Gasteiger partial charge in [-0.25, -0.2) is 4.79 Å². The third kappa shape index (κ3) is 5.14. The first-order valence-electron chi connectivity index (χ1n) is 11.1. The molecule has 0 saturated carbocycles. The molecule has 2 aromatic carbocycles. The Morgan fingerprint density at radius 3 is 2.88 bits per heavy atom. The van der Waals surface area contributed by atoms with Crippen molar-refractivity contribution in [3.05, 3.63) is 75.0 Å². The van der Waals surface area contributed by atoms with Crippen LogP contribution in [0.2, 0.25) is 5.02 Å². The van der Waals surface area contributed by atoms with Crippen molar-refractivity contribution >= 4 is 34.2 Å². The summed E-state index contributed by atoms with van der Waals surface area (Å²) in [7, 11) is 0. The average Bonchev–Trinajstić information content (AvgIpc) is 3.21. The minimum Gasteiger partial charge on any atom is -0.322 e. The van der Waals surface area contributed by atoms with E-state index in [-0.39, 0.29) is 24.2 Å². The van der Waals surface area contributed by atoms with Crippen LogP contribution in [-0.4, -0.2) is 46.5 Å². The molecule has 0 aliphatic carbocycles. The molecule has 1 unspecified atom stereocenters. The van der Waals surface area contributed by atoms with E-state index in [1.807, 2.05) is 37.3 Å². The van der Waals surface area contributed by atoms with Crippen LogP contribution < -0.4 is 10.9 Å². The summed E-state index contributed by atoms with van der Waals surface area (Å²) in [6, 6.07) is 15.0. The van der Waals surface area contributed by atoms with E-state index in [1.54, 1.807) is 23.1 Å². The molecule has 2 amide bonds. The number of H-pyrrole nitrogens is 1. The molecule has 1 atom stereocenters. The van der Waals surface area contributed by atoms with Crippen LogP contribution in [-0.2, 0) is 6.54 Å². The molecule has 3 aromatic rings. The lowest BCUT2D eigenvalue weighted by atomic mass is 10.1. The highest BCUT2D eigenvalue weighted by Gasteiger charge is 2.28. The van der Waals surface area contributed by atoms with Crippen LogP contribution >= 0.6 is 11.6 Å². The summed E-state index contributed by atoms with van der Waals surface area (Å²) < 4.78 is 0. The summed E-state index contributed by atoms with van der Waals surface area (Å²) in [4.78, 5) is 33.2. The fourth-order valence-electron chi connectivity index (χ4n) is 4.45. The number of nitrogens with one attached hydrogen (secondary N) is 2. The number of hydrogen-bond acceptors (Lipinski definition) is 3. The van der Waals surface area contributed by atoms with E-state index in [0.29, 0.717) is 22.8 Å². The van der Waals surface area contributed by atoms with Crippen LogP contribution in [0.4, 0.5) is 10.5 Å². The number of aromatic amines is 1. The maximum Gasteiger partial charge on any atom is 0.322 e. The van der Waals surface area contributed by atoms with Gasteiger partial charge in [0.05, 0.1) is 6.54 Å². The molecule has 1 aliphatic rings. The Balaban J connectivity index is 1.62. The number of anilines is 1. The Labute approximate surface area is 193 Å². The van der Waals surface area contributed by atoms with Crippen molar-refractivity contribution in [3.63, 3.8) is 0 Å². The Hall–Kier alpha value is -2.83. The Morgan fingerprint density at radius 1 is 1.25 bits per heavy atom. The lowest BCUT2D eigenvalue weighted by Crippen LogP contribution is -2.45. The third-order valence-corrected chi connectivity index (χ3v) is 6.37. The summed E-state index contributed by atoms with van der Waals surface area (Å²) in [5.74, 6) is 0. The van der Waals surface area contributed by atoms with E-state index in [9.17, 15) is 9.59 Å². The number of aromatic nitrogens is 1. The fraction of sp³-hybridized carbons (Fsp3) is 0.360. The number of pyridine rings is 1. The number of fused-ring (bicyclic) bond motifs is 1. The number of carbonyl (C=O) groups is 1. The molecule has 1 aromatic heterocycles. The van der Waals surface area contributed by atoms with Crippen LogP contribution in [0.5, 0.6) is 0 Å². The third-order valence-electron chi connectivity index (χ3n) is 6.14. The molecule has 0 bridgehead atoms. The van der Waals surface area contributed by atoms with Crippen LogP contribution in [0.15, 0.2) is 53.3 Å². The first-order chi connectivity index (χ1) is 15.4. The number of likely N-dealkylation sites (N-methyl/N-ethyl adjacent to an activating group) is 1. The number of rotatable bonds is 6. The van der Waals surface area contributed by atoms with E-state index in [0.717, 1.165) is 42.4 Å². The van der Waals surface area contributed by atoms with Gasteiger partial charge in [-0.05, 0) is 74.6 Å². The molecule has 0 spiro atoms. The lowest BCUT2D eigenvalue weighted by molar-refractivity contribution is 0.174. The average molecular weight is 453 g/mol. The van der Waals surface area contributed by atoms with Crippen LogP contribution in [0.25, 0.3) is 10.9 Å². The Morgan fingerprint density at radius 2 is 2.09 bits per heavy atom. The predicted molar refractivity (Wildman–Crippen MR) is 130 cm³/mol. The molecular formula is C25H29ClN4O2. The molecule has 1 saturated heterocycles. The van der Waals surface area contributed by atoms with Gasteiger partial charge in [-0.2, -0.15) is 0 Å². The number of likely N-dealkylation sites (tertiary alicyclic amines) is 1. The van der Waals surface area contributed by atoms with Gasteiger partial charge >= 0.3 is 6.03 Å². The van der Waals surface area contributed by atoms with Crippen LogP contribution in [0.1, 0.15) is 30.9 Å². The van der Waals surface area contributed by atoms with Gasteiger partial charge in [0.25, 0.3) is 5.56 Å². The number of halogens is 1. The molecule has 2 N–H and O–H groups in total. The second-order valence-corrected chi connectivity index (χ2v) is 8.90. The van der Waals surface area contributed by atoms with Crippen molar-refractivity contribution in [1.29, 1.82) is 0 Å². The number of urea groups is 1. The maximum absolute atomic E-state index is 13.3. The standard InChI is InChI=1S/C25H29ClN4O2/c1-3-29-11-5-8-22(29)16-30(25(32)27-21-7-4-6-20(26)14-21)15-19-13-18-12-17(2)9-10-23(18)28-24(19)31/h4,6-7,9-10,12-14,22H,3,5,8,11,15-16H2,1-2H3,(H,27,32)(H,28,31). The van der Waals surface area contributed by atoms with Gasteiger partial charge in [0.15, 0.2) is 0 Å². The van der Waals surface area contributed by atoms with Gasteiger partial charge in [0.1, 0.15) is 0 Å². The largest absolute Gasteiger partial charge is 0.322 e. The smallest absolute Gasteiger partial charge is 0.322 e. The van der Waals surface area contributed by atoms with Crippen LogP contribution in [0.3, 0.4) is 0 Å². The van der Waals surface area contributed by atoms with Gasteiger partial charge in [0, 0.05) is 34.4 Å². The normalized spacial score (nSPS) is 16.4. The van der Waals surface area contributed by atoms with Crippen molar-refractivity contribution in [1.82, 2.24) is 14.8 Å². The zero-order valence-corrected chi connectivity index (χ0v) is 19.3. The number of nitrogens with zero attached hydrogens (tertiary/aromatic N) is 2. The van der Waals surface area contributed by atoms with Crippen molar-refractivity contribution in [2.24, 2.45) is 0 Å². The zero-order valence-electron chi connectivity index (χ0n) is 18.5. The monoisotopic (exact) mass is 452 g/mol. The number of carbonyl (C=O) groups excluding carboxylic acids is 1. The molecule has 4 rings (SSSR count). The maximum atomic E-state index is 13.3. The zero-order chi connectivity index (χ0) is 22.7. The number of aryl methyl sites for hydroxylation is 1. The van der Waals surface area contributed by atoms with Crippen molar-refractivity contribution in [2.45, 2.75) is 39.3 Å². The van der Waals surface area contributed by atoms with E-state index in [4.69, 9.17) is 11.6 Å². The first kappa shape index (κ1) is 22.4. The highest BCUT2D eigenvalue weighted by Crippen LogP contribution is 2.21. The molecule has 32 heavy (non-hydrogen) atoms. The van der Waals surface area contributed by atoms with Crippen LogP contribution in [0, 0.1) is 6.92 Å². The molecule has 7 heteroatoms. The minimum absolute atomic E-state index is 0.166. The van der Waals surface area contributed by atoms with Crippen molar-refractivity contribution in [3.8, 4) is 0 Å². The Kier molecular flexibility index (Phi) is 6.82. The molecular weight excluding hydrogens is 424 g/mol. The van der Waals surface area contributed by atoms with E-state index in [1.165, 1.54) is 0 Å². The highest BCUT2D eigenvalue weighted by molar-refractivity contribution is 6.30. The lowest BCUT2D eigenvalue weighted by Gasteiger charge is -2.30. The van der Waals surface area contributed by atoms with Gasteiger partial charge in [-0.15, -0.1) is 0 Å². The second kappa shape index (κ2) is 9.76. The SMILES string of the molecule is CCN1CCCC1CN(Cc1cc2cc(C)ccc2[nH]c1=O)C(=O)Nc1cccc(Cl)c1.